The molecular weight excluding hydrogens is 739 g/mol. The average Bonchev–Trinajstić information content (AvgIpc) is 4.01. The molecule has 0 radical (unpaired) electrons. The first kappa shape index (κ1) is 34.9. The highest BCUT2D eigenvalue weighted by atomic mass is 15.0. The van der Waals surface area contributed by atoms with Gasteiger partial charge in [-0.25, -0.2) is 0 Å². The minimum Gasteiger partial charge on any atom is -0.353 e. The van der Waals surface area contributed by atoms with Crippen LogP contribution in [0.3, 0.4) is 0 Å². The van der Waals surface area contributed by atoms with Crippen LogP contribution in [0.4, 0.5) is 0 Å². The first-order valence-electron chi connectivity index (χ1n) is 20.9. The summed E-state index contributed by atoms with van der Waals surface area (Å²) in [5.41, 5.74) is 18.8. The smallest absolute Gasteiger partial charge is 0.0544 e. The second kappa shape index (κ2) is 14.3. The van der Waals surface area contributed by atoms with E-state index in [1.165, 1.54) is 82.7 Å². The van der Waals surface area contributed by atoms with Gasteiger partial charge in [-0.15, -0.1) is 0 Å². The van der Waals surface area contributed by atoms with E-state index in [-0.39, 0.29) is 0 Å². The fourth-order valence-corrected chi connectivity index (χ4v) is 9.54. The van der Waals surface area contributed by atoms with Gasteiger partial charge in [-0.05, 0) is 94.0 Å². The molecule has 0 saturated carbocycles. The first-order valence-corrected chi connectivity index (χ1v) is 20.9. The Labute approximate surface area is 354 Å². The molecule has 0 amide bonds. The Bertz CT molecular complexity index is 3540. The Morgan fingerprint density at radius 1 is 0.246 bits per heavy atom. The lowest BCUT2D eigenvalue weighted by Gasteiger charge is -2.12. The number of H-pyrrole nitrogens is 1. The van der Waals surface area contributed by atoms with Crippen molar-refractivity contribution in [2.75, 3.05) is 0 Å². The van der Waals surface area contributed by atoms with E-state index >= 15 is 0 Å². The molecule has 0 bridgehead atoms. The SMILES string of the molecule is c1ccc(-c2[nH]c(-c3ccc(-n4c5ccccc5c5cc(-c6ccc7c(c6)c6ccccc6n7-c6ccccc6)ccc54)cc3)c(-c3ccccc3)c2-c2ccccc2)cc1. The van der Waals surface area contributed by atoms with Crippen molar-refractivity contribution in [3.05, 3.63) is 231 Å². The van der Waals surface area contributed by atoms with Crippen LogP contribution in [-0.2, 0) is 0 Å². The molecule has 3 aromatic heterocycles. The highest BCUT2D eigenvalue weighted by Gasteiger charge is 2.23. The second-order valence-electron chi connectivity index (χ2n) is 15.8. The zero-order valence-corrected chi connectivity index (χ0v) is 33.3. The van der Waals surface area contributed by atoms with Gasteiger partial charge in [-0.1, -0.05) is 170 Å². The topological polar surface area (TPSA) is 25.6 Å². The predicted molar refractivity (Wildman–Crippen MR) is 257 cm³/mol. The van der Waals surface area contributed by atoms with E-state index in [4.69, 9.17) is 0 Å². The van der Waals surface area contributed by atoms with E-state index in [9.17, 15) is 0 Å². The Balaban J connectivity index is 0.987. The van der Waals surface area contributed by atoms with Crippen molar-refractivity contribution in [1.82, 2.24) is 14.1 Å². The fraction of sp³-hybridized carbons (Fsp3) is 0. The van der Waals surface area contributed by atoms with Crippen LogP contribution in [0, 0.1) is 0 Å². The minimum atomic E-state index is 1.10. The summed E-state index contributed by atoms with van der Waals surface area (Å²) in [5, 5.41) is 4.98. The van der Waals surface area contributed by atoms with Crippen LogP contribution < -0.4 is 0 Å². The van der Waals surface area contributed by atoms with Crippen LogP contribution in [-0.4, -0.2) is 14.1 Å². The molecule has 0 spiro atoms. The number of hydrogen-bond donors (Lipinski definition) is 1. The van der Waals surface area contributed by atoms with Gasteiger partial charge in [-0.2, -0.15) is 0 Å². The number of nitrogens with one attached hydrogen (secondary N) is 1. The highest BCUT2D eigenvalue weighted by Crippen LogP contribution is 2.46. The molecule has 0 fully saturated rings. The fourth-order valence-electron chi connectivity index (χ4n) is 9.54. The molecule has 0 saturated heterocycles. The molecule has 12 aromatic rings. The zero-order chi connectivity index (χ0) is 40.3. The summed E-state index contributed by atoms with van der Waals surface area (Å²) in [5.74, 6) is 0. The van der Waals surface area contributed by atoms with Crippen molar-refractivity contribution in [2.45, 2.75) is 0 Å². The lowest BCUT2D eigenvalue weighted by Crippen LogP contribution is -1.94. The van der Waals surface area contributed by atoms with E-state index in [0.717, 1.165) is 28.2 Å². The molecule has 3 heteroatoms. The van der Waals surface area contributed by atoms with Gasteiger partial charge < -0.3 is 14.1 Å². The van der Waals surface area contributed by atoms with Crippen LogP contribution in [0.2, 0.25) is 0 Å². The van der Waals surface area contributed by atoms with Crippen LogP contribution in [0.1, 0.15) is 0 Å². The maximum atomic E-state index is 3.94. The molecule has 1 N–H and O–H groups in total. The van der Waals surface area contributed by atoms with Gasteiger partial charge in [0.25, 0.3) is 0 Å². The van der Waals surface area contributed by atoms with Crippen molar-refractivity contribution in [3.8, 4) is 67.3 Å². The molecule has 0 aliphatic carbocycles. The molecular formula is C58H39N3. The largest absolute Gasteiger partial charge is 0.353 e. The summed E-state index contributed by atoms with van der Waals surface area (Å²) in [6.07, 6.45) is 0. The average molecular weight is 778 g/mol. The van der Waals surface area contributed by atoms with Gasteiger partial charge in [0.05, 0.1) is 33.5 Å². The molecule has 12 rings (SSSR count). The maximum absolute atomic E-state index is 3.94. The lowest BCUT2D eigenvalue weighted by atomic mass is 9.91. The Kier molecular flexibility index (Phi) is 8.17. The number of rotatable bonds is 7. The lowest BCUT2D eigenvalue weighted by molar-refractivity contribution is 1.18. The van der Waals surface area contributed by atoms with Gasteiger partial charge in [0.1, 0.15) is 0 Å². The summed E-state index contributed by atoms with van der Waals surface area (Å²) < 4.78 is 4.78. The summed E-state index contributed by atoms with van der Waals surface area (Å²) >= 11 is 0. The zero-order valence-electron chi connectivity index (χ0n) is 33.3. The first-order chi connectivity index (χ1) is 30.3. The van der Waals surface area contributed by atoms with Crippen molar-refractivity contribution in [3.63, 3.8) is 0 Å². The van der Waals surface area contributed by atoms with Gasteiger partial charge in [-0.3, -0.25) is 0 Å². The molecule has 3 heterocycles. The molecule has 61 heavy (non-hydrogen) atoms. The molecule has 286 valence electrons. The van der Waals surface area contributed by atoms with Gasteiger partial charge in [0.2, 0.25) is 0 Å². The summed E-state index contributed by atoms with van der Waals surface area (Å²) in [6, 6.07) is 83.4. The summed E-state index contributed by atoms with van der Waals surface area (Å²) in [4.78, 5) is 3.94. The van der Waals surface area contributed by atoms with E-state index in [1.54, 1.807) is 0 Å². The quantitative estimate of drug-likeness (QED) is 0.167. The molecule has 0 atom stereocenters. The van der Waals surface area contributed by atoms with E-state index in [1.807, 2.05) is 0 Å². The standard InChI is InChI=1S/C58H39N3/c1-5-17-39(18-6-1)55-56(40-19-7-2-8-20-40)58(59-57(55)41-21-9-3-10-22-41)42-29-33-46(34-30-42)61-52-28-16-14-26-48(52)50-38-44(32-36-54(50)61)43-31-35-53-49(37-43)47-25-13-15-27-51(47)60(53)45-23-11-4-12-24-45/h1-38,59H. The highest BCUT2D eigenvalue weighted by molar-refractivity contribution is 6.13. The van der Waals surface area contributed by atoms with Crippen molar-refractivity contribution in [2.24, 2.45) is 0 Å². The number of fused-ring (bicyclic) bond motifs is 6. The third kappa shape index (κ3) is 5.74. The van der Waals surface area contributed by atoms with Gasteiger partial charge >= 0.3 is 0 Å². The number of para-hydroxylation sites is 3. The van der Waals surface area contributed by atoms with Crippen LogP contribution in [0.15, 0.2) is 231 Å². The predicted octanol–water partition coefficient (Wildman–Crippen LogP) is 15.5. The normalized spacial score (nSPS) is 11.6. The van der Waals surface area contributed by atoms with Crippen molar-refractivity contribution >= 4 is 43.6 Å². The number of hydrogen-bond acceptors (Lipinski definition) is 0. The van der Waals surface area contributed by atoms with Gasteiger partial charge in [0, 0.05) is 44.0 Å². The second-order valence-corrected chi connectivity index (χ2v) is 15.8. The minimum absolute atomic E-state index is 1.10. The molecule has 0 unspecified atom stereocenters. The number of aromatic nitrogens is 3. The summed E-state index contributed by atoms with van der Waals surface area (Å²) in [7, 11) is 0. The number of aromatic amines is 1. The number of nitrogens with zero attached hydrogens (tertiary/aromatic N) is 2. The third-order valence-corrected chi connectivity index (χ3v) is 12.3. The Morgan fingerprint density at radius 3 is 1.07 bits per heavy atom. The van der Waals surface area contributed by atoms with Gasteiger partial charge in [0.15, 0.2) is 0 Å². The number of benzene rings is 9. The molecule has 0 aliphatic heterocycles. The van der Waals surface area contributed by atoms with E-state index in [2.05, 4.69) is 245 Å². The Hall–Kier alpha value is -8.14. The Morgan fingerprint density at radius 2 is 0.590 bits per heavy atom. The summed E-state index contributed by atoms with van der Waals surface area (Å²) in [6.45, 7) is 0. The van der Waals surface area contributed by atoms with Crippen molar-refractivity contribution in [1.29, 1.82) is 0 Å². The van der Waals surface area contributed by atoms with Crippen LogP contribution in [0.5, 0.6) is 0 Å². The van der Waals surface area contributed by atoms with Crippen LogP contribution in [0.25, 0.3) is 111 Å². The van der Waals surface area contributed by atoms with E-state index in [0.29, 0.717) is 0 Å². The monoisotopic (exact) mass is 777 g/mol. The maximum Gasteiger partial charge on any atom is 0.0544 e. The third-order valence-electron chi connectivity index (χ3n) is 12.3. The van der Waals surface area contributed by atoms with E-state index < -0.39 is 0 Å². The molecule has 3 nitrogen and oxygen atoms in total. The van der Waals surface area contributed by atoms with Crippen LogP contribution >= 0.6 is 0 Å². The molecule has 9 aromatic carbocycles. The molecule has 0 aliphatic rings. The van der Waals surface area contributed by atoms with Crippen molar-refractivity contribution < 1.29 is 0 Å².